The molecule has 1 aliphatic rings. The minimum atomic E-state index is 0.167. The maximum Gasteiger partial charge on any atom is 0.224 e. The number of nitrogens with zero attached hydrogens (tertiary/aromatic N) is 2. The third-order valence-corrected chi connectivity index (χ3v) is 3.37. The first-order valence-electron chi connectivity index (χ1n) is 5.80. The number of nitrogens with two attached hydrogens (primary N) is 1. The molecule has 0 saturated heterocycles. The summed E-state index contributed by atoms with van der Waals surface area (Å²) in [6, 6.07) is 4.39. The summed E-state index contributed by atoms with van der Waals surface area (Å²) in [5, 5.41) is 0. The Hall–Kier alpha value is -1.29. The van der Waals surface area contributed by atoms with Crippen LogP contribution >= 0.6 is 0 Å². The lowest BCUT2D eigenvalue weighted by atomic mass is 10.1. The minimum absolute atomic E-state index is 0.167. The summed E-state index contributed by atoms with van der Waals surface area (Å²) in [5.74, 6) is 0.167. The average molecular weight is 221 g/mol. The van der Waals surface area contributed by atoms with Crippen molar-refractivity contribution in [1.82, 2.24) is 9.47 Å². The van der Waals surface area contributed by atoms with E-state index in [1.165, 1.54) is 11.4 Å². The Morgan fingerprint density at radius 3 is 2.94 bits per heavy atom. The highest BCUT2D eigenvalue weighted by Crippen LogP contribution is 2.27. The molecule has 1 aromatic heterocycles. The second-order valence-corrected chi connectivity index (χ2v) is 4.35. The molecule has 16 heavy (non-hydrogen) atoms. The molecule has 2 N–H and O–H groups in total. The molecule has 0 aliphatic carbocycles. The highest BCUT2D eigenvalue weighted by Gasteiger charge is 2.27. The molecule has 1 atom stereocenters. The largest absolute Gasteiger partial charge is 0.345 e. The van der Waals surface area contributed by atoms with Crippen molar-refractivity contribution in [1.29, 1.82) is 0 Å². The van der Waals surface area contributed by atoms with E-state index in [0.717, 1.165) is 13.1 Å². The van der Waals surface area contributed by atoms with Gasteiger partial charge in [0.2, 0.25) is 5.91 Å². The Morgan fingerprint density at radius 2 is 2.25 bits per heavy atom. The van der Waals surface area contributed by atoms with E-state index in [-0.39, 0.29) is 11.9 Å². The Balaban J connectivity index is 2.21. The highest BCUT2D eigenvalue weighted by molar-refractivity contribution is 5.77. The molecular weight excluding hydrogens is 202 g/mol. The molecule has 4 heteroatoms. The molecule has 1 aliphatic heterocycles. The van der Waals surface area contributed by atoms with Gasteiger partial charge < -0.3 is 15.2 Å². The van der Waals surface area contributed by atoms with Crippen LogP contribution in [0.25, 0.3) is 0 Å². The Labute approximate surface area is 96.0 Å². The monoisotopic (exact) mass is 221 g/mol. The minimum Gasteiger partial charge on any atom is -0.345 e. The van der Waals surface area contributed by atoms with Crippen molar-refractivity contribution in [2.24, 2.45) is 5.73 Å². The zero-order chi connectivity index (χ0) is 11.7. The second-order valence-electron chi connectivity index (χ2n) is 4.35. The van der Waals surface area contributed by atoms with Gasteiger partial charge >= 0.3 is 0 Å². The zero-order valence-corrected chi connectivity index (χ0v) is 9.94. The zero-order valence-electron chi connectivity index (χ0n) is 9.94. The number of hydrogen-bond donors (Lipinski definition) is 1. The normalized spacial score (nSPS) is 19.7. The Bertz CT molecular complexity index is 397. The van der Waals surface area contributed by atoms with E-state index >= 15 is 0 Å². The molecule has 2 heterocycles. The quantitative estimate of drug-likeness (QED) is 0.811. The lowest BCUT2D eigenvalue weighted by molar-refractivity contribution is -0.134. The summed E-state index contributed by atoms with van der Waals surface area (Å²) < 4.78 is 2.29. The number of aryl methyl sites for hydroxylation is 1. The maximum atomic E-state index is 11.9. The molecule has 88 valence electrons. The number of aromatic nitrogens is 1. The molecule has 1 unspecified atom stereocenters. The van der Waals surface area contributed by atoms with Crippen LogP contribution in [0, 0.1) is 6.92 Å². The van der Waals surface area contributed by atoms with Gasteiger partial charge in [-0.25, -0.2) is 0 Å². The lowest BCUT2D eigenvalue weighted by Gasteiger charge is -2.35. The standard InChI is InChI=1S/C12H19N3O/c1-9-3-4-11-10(2)15(8-7-14(9)11)12(16)5-6-13/h3-4,10H,5-8,13H2,1-2H3. The van der Waals surface area contributed by atoms with E-state index < -0.39 is 0 Å². The number of fused-ring (bicyclic) bond motifs is 1. The molecule has 0 fully saturated rings. The summed E-state index contributed by atoms with van der Waals surface area (Å²) in [6.45, 7) is 6.31. The van der Waals surface area contributed by atoms with Crippen LogP contribution in [0.2, 0.25) is 0 Å². The van der Waals surface area contributed by atoms with E-state index in [1.54, 1.807) is 0 Å². The van der Waals surface area contributed by atoms with Gasteiger partial charge in [0.05, 0.1) is 6.04 Å². The van der Waals surface area contributed by atoms with Gasteiger partial charge in [0, 0.05) is 37.4 Å². The smallest absolute Gasteiger partial charge is 0.224 e. The van der Waals surface area contributed by atoms with Crippen molar-refractivity contribution in [2.75, 3.05) is 13.1 Å². The van der Waals surface area contributed by atoms with E-state index in [4.69, 9.17) is 5.73 Å². The summed E-state index contributed by atoms with van der Waals surface area (Å²) in [5.41, 5.74) is 7.93. The van der Waals surface area contributed by atoms with Crippen LogP contribution in [-0.4, -0.2) is 28.5 Å². The topological polar surface area (TPSA) is 51.3 Å². The van der Waals surface area contributed by atoms with Crippen LogP contribution in [0.5, 0.6) is 0 Å². The van der Waals surface area contributed by atoms with Crippen molar-refractivity contribution in [3.63, 3.8) is 0 Å². The number of carbonyl (C=O) groups is 1. The van der Waals surface area contributed by atoms with E-state index in [9.17, 15) is 4.79 Å². The van der Waals surface area contributed by atoms with Crippen molar-refractivity contribution < 1.29 is 4.79 Å². The molecular formula is C12H19N3O. The average Bonchev–Trinajstić information content (AvgIpc) is 2.62. The van der Waals surface area contributed by atoms with Gasteiger partial charge in [-0.1, -0.05) is 0 Å². The highest BCUT2D eigenvalue weighted by atomic mass is 16.2. The fourth-order valence-corrected chi connectivity index (χ4v) is 2.43. The van der Waals surface area contributed by atoms with Crippen molar-refractivity contribution >= 4 is 5.91 Å². The first-order chi connectivity index (χ1) is 7.65. The maximum absolute atomic E-state index is 11.9. The molecule has 0 saturated carbocycles. The third kappa shape index (κ3) is 1.73. The first-order valence-corrected chi connectivity index (χ1v) is 5.80. The second kappa shape index (κ2) is 4.29. The molecule has 2 rings (SSSR count). The van der Waals surface area contributed by atoms with Gasteiger partial charge in [-0.2, -0.15) is 0 Å². The fourth-order valence-electron chi connectivity index (χ4n) is 2.43. The Kier molecular flexibility index (Phi) is 3.01. The summed E-state index contributed by atoms with van der Waals surface area (Å²) in [6.07, 6.45) is 0.448. The predicted molar refractivity (Wildman–Crippen MR) is 63.0 cm³/mol. The van der Waals surface area contributed by atoms with Crippen molar-refractivity contribution in [2.45, 2.75) is 32.9 Å². The van der Waals surface area contributed by atoms with Crippen LogP contribution in [-0.2, 0) is 11.3 Å². The molecule has 0 aromatic carbocycles. The van der Waals surface area contributed by atoms with Gasteiger partial charge in [-0.15, -0.1) is 0 Å². The summed E-state index contributed by atoms with van der Waals surface area (Å²) in [4.78, 5) is 13.8. The van der Waals surface area contributed by atoms with Gasteiger partial charge in [0.15, 0.2) is 0 Å². The van der Waals surface area contributed by atoms with Crippen molar-refractivity contribution in [3.8, 4) is 0 Å². The predicted octanol–water partition coefficient (Wildman–Crippen LogP) is 1.05. The number of amides is 1. The van der Waals surface area contributed by atoms with Crippen LogP contribution < -0.4 is 5.73 Å². The number of carbonyl (C=O) groups excluding carboxylic acids is 1. The number of rotatable bonds is 2. The van der Waals surface area contributed by atoms with Gasteiger partial charge in [-0.05, 0) is 26.0 Å². The fraction of sp³-hybridized carbons (Fsp3) is 0.583. The summed E-state index contributed by atoms with van der Waals surface area (Å²) in [7, 11) is 0. The SMILES string of the molecule is Cc1ccc2n1CCN(C(=O)CCN)C2C. The summed E-state index contributed by atoms with van der Waals surface area (Å²) >= 11 is 0. The molecule has 1 amide bonds. The van der Waals surface area contributed by atoms with Gasteiger partial charge in [0.25, 0.3) is 0 Å². The van der Waals surface area contributed by atoms with E-state index in [1.807, 2.05) is 4.90 Å². The van der Waals surface area contributed by atoms with E-state index in [0.29, 0.717) is 13.0 Å². The molecule has 0 radical (unpaired) electrons. The van der Waals surface area contributed by atoms with Gasteiger partial charge in [0.1, 0.15) is 0 Å². The molecule has 1 aromatic rings. The Morgan fingerprint density at radius 1 is 1.50 bits per heavy atom. The number of hydrogen-bond acceptors (Lipinski definition) is 2. The molecule has 0 bridgehead atoms. The van der Waals surface area contributed by atoms with Crippen LogP contribution in [0.1, 0.15) is 30.8 Å². The first kappa shape index (κ1) is 11.2. The van der Waals surface area contributed by atoms with Crippen LogP contribution in [0.4, 0.5) is 0 Å². The lowest BCUT2D eigenvalue weighted by Crippen LogP contribution is -2.41. The third-order valence-electron chi connectivity index (χ3n) is 3.37. The molecule has 0 spiro atoms. The van der Waals surface area contributed by atoms with Crippen LogP contribution in [0.3, 0.4) is 0 Å². The van der Waals surface area contributed by atoms with Gasteiger partial charge in [-0.3, -0.25) is 4.79 Å². The van der Waals surface area contributed by atoms with E-state index in [2.05, 4.69) is 30.5 Å². The van der Waals surface area contributed by atoms with Crippen molar-refractivity contribution in [3.05, 3.63) is 23.5 Å². The van der Waals surface area contributed by atoms with Crippen LogP contribution in [0.15, 0.2) is 12.1 Å². The molecule has 4 nitrogen and oxygen atoms in total.